The number of hydrogen-bond donors (Lipinski definition) is 0. The molecule has 0 heterocycles. The van der Waals surface area contributed by atoms with Gasteiger partial charge in [-0.25, -0.2) is 0 Å². The van der Waals surface area contributed by atoms with Crippen molar-refractivity contribution in [1.82, 2.24) is 0 Å². The predicted molar refractivity (Wildman–Crippen MR) is 40.1 cm³/mol. The standard InChI is InChI=1S/C9H5F2NO2.Li/c10-9(11,8(13)14)7-3-1-2-6(4-7)5-12;/h1-4H,(H,13,14);/q;+1/p-1. The van der Waals surface area contributed by atoms with E-state index in [1.165, 1.54) is 12.1 Å². The molecule has 0 bridgehead atoms. The number of nitriles is 1. The van der Waals surface area contributed by atoms with Crippen molar-refractivity contribution >= 4 is 5.97 Å². The van der Waals surface area contributed by atoms with Crippen LogP contribution in [-0.2, 0) is 10.7 Å². The van der Waals surface area contributed by atoms with Gasteiger partial charge in [0, 0.05) is 5.56 Å². The van der Waals surface area contributed by atoms with Gasteiger partial charge in [0.05, 0.1) is 11.6 Å². The molecule has 1 aromatic rings. The molecule has 0 aliphatic rings. The quantitative estimate of drug-likeness (QED) is 0.495. The maximum Gasteiger partial charge on any atom is 1.00 e. The Hall–Kier alpha value is -1.36. The number of hydrogen-bond acceptors (Lipinski definition) is 3. The first-order valence-electron chi connectivity index (χ1n) is 3.58. The molecule has 72 valence electrons. The minimum Gasteiger partial charge on any atom is -0.544 e. The Morgan fingerprint density at radius 2 is 2.07 bits per heavy atom. The van der Waals surface area contributed by atoms with Gasteiger partial charge in [0.25, 0.3) is 0 Å². The number of carbonyl (C=O) groups is 1. The first-order chi connectivity index (χ1) is 6.48. The summed E-state index contributed by atoms with van der Waals surface area (Å²) in [5.41, 5.74) is -0.778. The Balaban J connectivity index is 0.00000196. The summed E-state index contributed by atoms with van der Waals surface area (Å²) in [6.07, 6.45) is 0. The fourth-order valence-corrected chi connectivity index (χ4v) is 0.902. The number of carboxylic acids is 1. The molecule has 0 spiro atoms. The van der Waals surface area contributed by atoms with Crippen LogP contribution < -0.4 is 24.0 Å². The first-order valence-corrected chi connectivity index (χ1v) is 3.58. The Labute approximate surface area is 96.5 Å². The molecule has 0 saturated heterocycles. The fraction of sp³-hybridized carbons (Fsp3) is 0.111. The van der Waals surface area contributed by atoms with E-state index in [0.29, 0.717) is 0 Å². The summed E-state index contributed by atoms with van der Waals surface area (Å²) < 4.78 is 25.6. The van der Waals surface area contributed by atoms with Crippen LogP contribution in [0, 0.1) is 11.3 Å². The van der Waals surface area contributed by atoms with Gasteiger partial charge in [-0.05, 0) is 12.1 Å². The molecule has 0 atom stereocenters. The summed E-state index contributed by atoms with van der Waals surface area (Å²) in [5, 5.41) is 18.5. The van der Waals surface area contributed by atoms with Crippen molar-refractivity contribution in [3.05, 3.63) is 35.4 Å². The molecule has 0 fully saturated rings. The van der Waals surface area contributed by atoms with Crippen LogP contribution in [0.1, 0.15) is 11.1 Å². The van der Waals surface area contributed by atoms with Crippen molar-refractivity contribution < 1.29 is 37.5 Å². The van der Waals surface area contributed by atoms with Gasteiger partial charge in [0.2, 0.25) is 0 Å². The number of halogens is 2. The minimum atomic E-state index is -4.06. The van der Waals surface area contributed by atoms with E-state index in [2.05, 4.69) is 0 Å². The first kappa shape index (κ1) is 13.6. The van der Waals surface area contributed by atoms with E-state index in [-0.39, 0.29) is 24.4 Å². The average Bonchev–Trinajstić information content (AvgIpc) is 2.17. The summed E-state index contributed by atoms with van der Waals surface area (Å²) in [5.74, 6) is -6.54. The molecule has 0 N–H and O–H groups in total. The zero-order valence-corrected chi connectivity index (χ0v) is 7.83. The average molecular weight is 203 g/mol. The van der Waals surface area contributed by atoms with Gasteiger partial charge in [0.15, 0.2) is 0 Å². The molecule has 3 nitrogen and oxygen atoms in total. The van der Waals surface area contributed by atoms with Crippen molar-refractivity contribution in [3.63, 3.8) is 0 Å². The molecule has 0 aromatic heterocycles. The fourth-order valence-electron chi connectivity index (χ4n) is 0.902. The SMILES string of the molecule is N#Cc1cccc(C(F)(F)C(=O)[O-])c1.[Li+]. The third kappa shape index (κ3) is 2.79. The van der Waals surface area contributed by atoms with Crippen LogP contribution in [0.4, 0.5) is 8.78 Å². The molecule has 0 aliphatic heterocycles. The van der Waals surface area contributed by atoms with Crippen LogP contribution in [0.5, 0.6) is 0 Å². The predicted octanol–water partition coefficient (Wildman–Crippen LogP) is -2.60. The number of carboxylic acid groups (broad SMARTS) is 1. The normalized spacial score (nSPS) is 9.93. The van der Waals surface area contributed by atoms with Crippen LogP contribution in [0.25, 0.3) is 0 Å². The van der Waals surface area contributed by atoms with Gasteiger partial charge < -0.3 is 9.90 Å². The molecule has 0 aliphatic carbocycles. The van der Waals surface area contributed by atoms with Gasteiger partial charge in [0.1, 0.15) is 5.97 Å². The van der Waals surface area contributed by atoms with Crippen molar-refractivity contribution in [2.75, 3.05) is 0 Å². The number of aliphatic carboxylic acids is 1. The second kappa shape index (κ2) is 4.93. The summed E-state index contributed by atoms with van der Waals surface area (Å²) in [4.78, 5) is 10.1. The van der Waals surface area contributed by atoms with E-state index in [1.807, 2.05) is 0 Å². The summed E-state index contributed by atoms with van der Waals surface area (Å²) >= 11 is 0. The van der Waals surface area contributed by atoms with E-state index in [9.17, 15) is 18.7 Å². The maximum atomic E-state index is 12.8. The third-order valence-electron chi connectivity index (χ3n) is 1.61. The van der Waals surface area contributed by atoms with Crippen molar-refractivity contribution in [2.45, 2.75) is 5.92 Å². The van der Waals surface area contributed by atoms with E-state index < -0.39 is 17.5 Å². The Morgan fingerprint density at radius 3 is 2.53 bits per heavy atom. The van der Waals surface area contributed by atoms with Gasteiger partial charge in [-0.1, -0.05) is 12.1 Å². The molecular weight excluding hydrogens is 199 g/mol. The molecule has 0 radical (unpaired) electrons. The van der Waals surface area contributed by atoms with Crippen LogP contribution in [0.15, 0.2) is 24.3 Å². The Morgan fingerprint density at radius 1 is 1.47 bits per heavy atom. The topological polar surface area (TPSA) is 63.9 Å². The van der Waals surface area contributed by atoms with Crippen LogP contribution in [0.2, 0.25) is 0 Å². The zero-order valence-electron chi connectivity index (χ0n) is 7.83. The van der Waals surface area contributed by atoms with E-state index >= 15 is 0 Å². The molecule has 0 amide bonds. The summed E-state index contributed by atoms with van der Waals surface area (Å²) in [6, 6.07) is 5.86. The number of nitrogens with zero attached hydrogens (tertiary/aromatic N) is 1. The monoisotopic (exact) mass is 203 g/mol. The third-order valence-corrected chi connectivity index (χ3v) is 1.61. The Kier molecular flexibility index (Phi) is 4.48. The number of carbonyl (C=O) groups excluding carboxylic acids is 1. The smallest absolute Gasteiger partial charge is 0.544 e. The second-order valence-electron chi connectivity index (χ2n) is 2.55. The van der Waals surface area contributed by atoms with Gasteiger partial charge in [-0.3, -0.25) is 0 Å². The van der Waals surface area contributed by atoms with Crippen LogP contribution in [-0.4, -0.2) is 5.97 Å². The van der Waals surface area contributed by atoms with E-state index in [0.717, 1.165) is 12.1 Å². The van der Waals surface area contributed by atoms with E-state index in [1.54, 1.807) is 6.07 Å². The van der Waals surface area contributed by atoms with Crippen molar-refractivity contribution in [3.8, 4) is 6.07 Å². The summed E-state index contributed by atoms with van der Waals surface area (Å²) in [6.45, 7) is 0. The van der Waals surface area contributed by atoms with Gasteiger partial charge in [-0.15, -0.1) is 0 Å². The number of alkyl halides is 2. The molecular formula is C9H4F2LiNO2. The van der Waals surface area contributed by atoms with Crippen molar-refractivity contribution in [2.24, 2.45) is 0 Å². The maximum absolute atomic E-state index is 12.8. The molecule has 1 aromatic carbocycles. The molecule has 15 heavy (non-hydrogen) atoms. The minimum absolute atomic E-state index is 0. The molecule has 1 rings (SSSR count). The van der Waals surface area contributed by atoms with Crippen LogP contribution >= 0.6 is 0 Å². The zero-order chi connectivity index (χ0) is 10.8. The van der Waals surface area contributed by atoms with Gasteiger partial charge >= 0.3 is 24.8 Å². The largest absolute Gasteiger partial charge is 1.00 e. The molecule has 0 saturated carbocycles. The van der Waals surface area contributed by atoms with Crippen LogP contribution in [0.3, 0.4) is 0 Å². The number of benzene rings is 1. The van der Waals surface area contributed by atoms with E-state index in [4.69, 9.17) is 5.26 Å². The van der Waals surface area contributed by atoms with Crippen molar-refractivity contribution in [1.29, 1.82) is 5.26 Å². The summed E-state index contributed by atoms with van der Waals surface area (Å²) in [7, 11) is 0. The molecule has 0 unspecified atom stereocenters. The second-order valence-corrected chi connectivity index (χ2v) is 2.55. The van der Waals surface area contributed by atoms with Gasteiger partial charge in [-0.2, -0.15) is 14.0 Å². The number of rotatable bonds is 2. The molecule has 6 heteroatoms. The Bertz CT molecular complexity index is 415.